The summed E-state index contributed by atoms with van der Waals surface area (Å²) < 4.78 is 5.12. The summed E-state index contributed by atoms with van der Waals surface area (Å²) in [5, 5.41) is 7.03. The van der Waals surface area contributed by atoms with Gasteiger partial charge in [0.15, 0.2) is 5.82 Å². The van der Waals surface area contributed by atoms with E-state index >= 15 is 0 Å². The predicted molar refractivity (Wildman–Crippen MR) is 48.5 cm³/mol. The summed E-state index contributed by atoms with van der Waals surface area (Å²) in [6.07, 6.45) is 4.59. The predicted octanol–water partition coefficient (Wildman–Crippen LogP) is 1.10. The van der Waals surface area contributed by atoms with Crippen LogP contribution >= 0.6 is 0 Å². The zero-order valence-electron chi connectivity index (χ0n) is 7.92. The molecule has 0 unspecified atom stereocenters. The van der Waals surface area contributed by atoms with Crippen LogP contribution in [0.25, 0.3) is 0 Å². The van der Waals surface area contributed by atoms with Crippen LogP contribution in [0.4, 0.5) is 0 Å². The highest BCUT2D eigenvalue weighted by Crippen LogP contribution is 2.34. The van der Waals surface area contributed by atoms with Crippen molar-refractivity contribution >= 4 is 0 Å². The minimum atomic E-state index is 0.576. The molecule has 1 aliphatic rings. The van der Waals surface area contributed by atoms with Crippen molar-refractivity contribution in [1.29, 1.82) is 0 Å². The van der Waals surface area contributed by atoms with Gasteiger partial charge in [0, 0.05) is 18.9 Å². The van der Waals surface area contributed by atoms with E-state index in [1.165, 1.54) is 19.3 Å². The molecule has 0 aliphatic heterocycles. The molecule has 0 atom stereocenters. The number of likely N-dealkylation sites (N-methyl/N-ethyl adjacent to an activating group) is 1. The van der Waals surface area contributed by atoms with Crippen molar-refractivity contribution in [2.24, 2.45) is 0 Å². The van der Waals surface area contributed by atoms with Gasteiger partial charge in [-0.05, 0) is 19.9 Å². The molecule has 1 N–H and O–H groups in total. The number of nitrogens with zero attached hydrogens (tertiary/aromatic N) is 2. The Morgan fingerprint density at radius 3 is 3.00 bits per heavy atom. The van der Waals surface area contributed by atoms with E-state index in [0.717, 1.165) is 24.7 Å². The monoisotopic (exact) mass is 181 g/mol. The lowest BCUT2D eigenvalue weighted by atomic mass is 9.85. The first-order chi connectivity index (χ1) is 6.40. The summed E-state index contributed by atoms with van der Waals surface area (Å²) in [5.41, 5.74) is 0. The van der Waals surface area contributed by atoms with Crippen molar-refractivity contribution in [3.05, 3.63) is 11.7 Å². The highest BCUT2D eigenvalue weighted by atomic mass is 16.5. The molecule has 2 rings (SSSR count). The maximum absolute atomic E-state index is 5.12. The molecule has 72 valence electrons. The molecular weight excluding hydrogens is 166 g/mol. The first kappa shape index (κ1) is 8.69. The van der Waals surface area contributed by atoms with Crippen molar-refractivity contribution < 1.29 is 4.52 Å². The third-order valence-corrected chi connectivity index (χ3v) is 2.54. The zero-order valence-corrected chi connectivity index (χ0v) is 7.92. The summed E-state index contributed by atoms with van der Waals surface area (Å²) in [5.74, 6) is 2.25. The summed E-state index contributed by atoms with van der Waals surface area (Å²) in [4.78, 5) is 4.35. The molecule has 0 radical (unpaired) electrons. The SMILES string of the molecule is CNCCc1nc(C2CCC2)no1. The Morgan fingerprint density at radius 2 is 2.38 bits per heavy atom. The second-order valence-electron chi connectivity index (χ2n) is 3.53. The fraction of sp³-hybridized carbons (Fsp3) is 0.778. The van der Waals surface area contributed by atoms with E-state index < -0.39 is 0 Å². The summed E-state index contributed by atoms with van der Waals surface area (Å²) >= 11 is 0. The zero-order chi connectivity index (χ0) is 9.10. The largest absolute Gasteiger partial charge is 0.339 e. The minimum Gasteiger partial charge on any atom is -0.339 e. The van der Waals surface area contributed by atoms with Gasteiger partial charge < -0.3 is 9.84 Å². The molecule has 0 saturated heterocycles. The maximum Gasteiger partial charge on any atom is 0.227 e. The van der Waals surface area contributed by atoms with E-state index in [9.17, 15) is 0 Å². The molecule has 1 aliphatic carbocycles. The van der Waals surface area contributed by atoms with Gasteiger partial charge >= 0.3 is 0 Å². The van der Waals surface area contributed by atoms with E-state index in [4.69, 9.17) is 4.52 Å². The van der Waals surface area contributed by atoms with E-state index in [0.29, 0.717) is 5.92 Å². The highest BCUT2D eigenvalue weighted by Gasteiger charge is 2.24. The molecule has 1 fully saturated rings. The molecule has 0 bridgehead atoms. The minimum absolute atomic E-state index is 0.576. The Bertz CT molecular complexity index is 268. The average Bonchev–Trinajstić information content (AvgIpc) is 2.46. The highest BCUT2D eigenvalue weighted by molar-refractivity contribution is 4.99. The van der Waals surface area contributed by atoms with Gasteiger partial charge in [-0.1, -0.05) is 11.6 Å². The molecule has 0 aromatic carbocycles. The van der Waals surface area contributed by atoms with E-state index in [2.05, 4.69) is 15.5 Å². The molecular formula is C9H15N3O. The van der Waals surface area contributed by atoms with Crippen molar-refractivity contribution in [2.75, 3.05) is 13.6 Å². The van der Waals surface area contributed by atoms with Crippen LogP contribution in [0.15, 0.2) is 4.52 Å². The third-order valence-electron chi connectivity index (χ3n) is 2.54. The molecule has 1 saturated carbocycles. The Morgan fingerprint density at radius 1 is 1.54 bits per heavy atom. The molecule has 13 heavy (non-hydrogen) atoms. The van der Waals surface area contributed by atoms with E-state index in [1.807, 2.05) is 7.05 Å². The number of rotatable bonds is 4. The molecule has 1 heterocycles. The molecule has 0 amide bonds. The van der Waals surface area contributed by atoms with Gasteiger partial charge in [0.25, 0.3) is 0 Å². The Labute approximate surface area is 77.7 Å². The van der Waals surface area contributed by atoms with Crippen LogP contribution in [-0.2, 0) is 6.42 Å². The van der Waals surface area contributed by atoms with Crippen molar-refractivity contribution in [1.82, 2.24) is 15.5 Å². The second kappa shape index (κ2) is 3.87. The first-order valence-electron chi connectivity index (χ1n) is 4.87. The maximum atomic E-state index is 5.12. The van der Waals surface area contributed by atoms with Gasteiger partial charge in [0.05, 0.1) is 0 Å². The second-order valence-corrected chi connectivity index (χ2v) is 3.53. The normalized spacial score (nSPS) is 17.3. The fourth-order valence-corrected chi connectivity index (χ4v) is 1.43. The number of hydrogen-bond donors (Lipinski definition) is 1. The molecule has 0 spiro atoms. The van der Waals surface area contributed by atoms with Crippen molar-refractivity contribution in [2.45, 2.75) is 31.6 Å². The quantitative estimate of drug-likeness (QED) is 0.755. The third kappa shape index (κ3) is 1.88. The first-order valence-corrected chi connectivity index (χ1v) is 4.87. The lowest BCUT2D eigenvalue weighted by Crippen LogP contribution is -2.12. The number of aromatic nitrogens is 2. The smallest absolute Gasteiger partial charge is 0.227 e. The van der Waals surface area contributed by atoms with Gasteiger partial charge in [-0.3, -0.25) is 0 Å². The fourth-order valence-electron chi connectivity index (χ4n) is 1.43. The van der Waals surface area contributed by atoms with Crippen LogP contribution in [-0.4, -0.2) is 23.7 Å². The standard InChI is InChI=1S/C9H15N3O/c1-10-6-5-8-11-9(12-13-8)7-3-2-4-7/h7,10H,2-6H2,1H3. The summed E-state index contributed by atoms with van der Waals surface area (Å²) in [6, 6.07) is 0. The van der Waals surface area contributed by atoms with Crippen LogP contribution in [0.2, 0.25) is 0 Å². The van der Waals surface area contributed by atoms with Crippen LogP contribution in [0.1, 0.15) is 36.9 Å². The topological polar surface area (TPSA) is 51.0 Å². The lowest BCUT2D eigenvalue weighted by molar-refractivity contribution is 0.346. The molecule has 1 aromatic rings. The number of nitrogens with one attached hydrogen (secondary N) is 1. The van der Waals surface area contributed by atoms with Crippen LogP contribution < -0.4 is 5.32 Å². The van der Waals surface area contributed by atoms with Crippen LogP contribution in [0, 0.1) is 0 Å². The van der Waals surface area contributed by atoms with Crippen molar-refractivity contribution in [3.63, 3.8) is 0 Å². The summed E-state index contributed by atoms with van der Waals surface area (Å²) in [6.45, 7) is 0.895. The Balaban J connectivity index is 1.92. The lowest BCUT2D eigenvalue weighted by Gasteiger charge is -2.20. The van der Waals surface area contributed by atoms with Gasteiger partial charge in [-0.2, -0.15) is 4.98 Å². The van der Waals surface area contributed by atoms with Gasteiger partial charge in [-0.25, -0.2) is 0 Å². The Hall–Kier alpha value is -0.900. The average molecular weight is 181 g/mol. The molecule has 4 nitrogen and oxygen atoms in total. The van der Waals surface area contributed by atoms with Crippen molar-refractivity contribution in [3.8, 4) is 0 Å². The summed E-state index contributed by atoms with van der Waals surface area (Å²) in [7, 11) is 1.92. The van der Waals surface area contributed by atoms with Crippen LogP contribution in [0.5, 0.6) is 0 Å². The molecule has 4 heteroatoms. The molecule has 1 aromatic heterocycles. The number of hydrogen-bond acceptors (Lipinski definition) is 4. The van der Waals surface area contributed by atoms with Crippen LogP contribution in [0.3, 0.4) is 0 Å². The van der Waals surface area contributed by atoms with E-state index in [1.54, 1.807) is 0 Å². The van der Waals surface area contributed by atoms with Gasteiger partial charge in [0.1, 0.15) is 0 Å². The Kier molecular flexibility index (Phi) is 2.59. The van der Waals surface area contributed by atoms with E-state index in [-0.39, 0.29) is 0 Å². The van der Waals surface area contributed by atoms with Gasteiger partial charge in [-0.15, -0.1) is 0 Å². The van der Waals surface area contributed by atoms with Gasteiger partial charge in [0.2, 0.25) is 5.89 Å².